The molecule has 3 nitrogen and oxygen atoms in total. The van der Waals surface area contributed by atoms with E-state index in [9.17, 15) is 9.18 Å². The Hall–Kier alpha value is -1.97. The van der Waals surface area contributed by atoms with Crippen LogP contribution in [0.5, 0.6) is 0 Å². The van der Waals surface area contributed by atoms with Crippen molar-refractivity contribution in [3.63, 3.8) is 0 Å². The first-order valence-corrected chi connectivity index (χ1v) is 7.09. The van der Waals surface area contributed by atoms with Crippen LogP contribution >= 0.6 is 0 Å². The molecule has 1 aromatic carbocycles. The van der Waals surface area contributed by atoms with Crippen LogP contribution < -0.4 is 5.32 Å². The number of rotatable bonds is 2. The Labute approximate surface area is 117 Å². The first-order valence-electron chi connectivity index (χ1n) is 7.09. The second-order valence-corrected chi connectivity index (χ2v) is 5.37. The fraction of sp³-hybridized carbons (Fsp3) is 0.375. The lowest BCUT2D eigenvalue weighted by Crippen LogP contribution is -2.31. The maximum Gasteiger partial charge on any atom is 0.275 e. The Morgan fingerprint density at radius 3 is 2.55 bits per heavy atom. The molecule has 1 aliphatic carbocycles. The van der Waals surface area contributed by atoms with Gasteiger partial charge in [0.05, 0.1) is 0 Å². The number of amides is 1. The average molecular weight is 272 g/mol. The summed E-state index contributed by atoms with van der Waals surface area (Å²) in [6.07, 6.45) is 7.58. The minimum atomic E-state index is -0.283. The zero-order chi connectivity index (χ0) is 13.9. The van der Waals surface area contributed by atoms with Crippen molar-refractivity contribution in [3.05, 3.63) is 41.3 Å². The summed E-state index contributed by atoms with van der Waals surface area (Å²) in [5, 5.41) is 2.87. The molecule has 1 aromatic rings. The zero-order valence-electron chi connectivity index (χ0n) is 11.2. The lowest BCUT2D eigenvalue weighted by molar-refractivity contribution is -0.115. The number of benzene rings is 1. The number of aliphatic imine (C=N–C) groups is 1. The van der Waals surface area contributed by atoms with E-state index in [0.717, 1.165) is 24.2 Å². The molecule has 0 unspecified atom stereocenters. The summed E-state index contributed by atoms with van der Waals surface area (Å²) in [5.74, 6) is 0.749. The van der Waals surface area contributed by atoms with Crippen LogP contribution in [0.1, 0.15) is 37.7 Å². The van der Waals surface area contributed by atoms with Gasteiger partial charge in [-0.05, 0) is 36.6 Å². The number of hydrogen-bond acceptors (Lipinski definition) is 2. The molecule has 0 saturated heterocycles. The smallest absolute Gasteiger partial charge is 0.275 e. The van der Waals surface area contributed by atoms with Gasteiger partial charge in [0.2, 0.25) is 0 Å². The molecule has 1 fully saturated rings. The second kappa shape index (κ2) is 5.57. The number of hydrogen-bond donors (Lipinski definition) is 1. The Bertz CT molecular complexity index is 569. The van der Waals surface area contributed by atoms with E-state index in [1.54, 1.807) is 18.2 Å². The van der Waals surface area contributed by atoms with Gasteiger partial charge in [-0.1, -0.05) is 31.4 Å². The molecule has 0 radical (unpaired) electrons. The highest BCUT2D eigenvalue weighted by Crippen LogP contribution is 2.26. The normalized spacial score (nSPS) is 21.9. The van der Waals surface area contributed by atoms with Crippen molar-refractivity contribution in [3.8, 4) is 0 Å². The van der Waals surface area contributed by atoms with Crippen LogP contribution in [0.25, 0.3) is 6.08 Å². The quantitative estimate of drug-likeness (QED) is 0.825. The molecule has 4 heteroatoms. The van der Waals surface area contributed by atoms with Gasteiger partial charge in [-0.25, -0.2) is 9.38 Å². The number of halogens is 1. The fourth-order valence-corrected chi connectivity index (χ4v) is 2.77. The summed E-state index contributed by atoms with van der Waals surface area (Å²) >= 11 is 0. The Morgan fingerprint density at radius 1 is 1.15 bits per heavy atom. The second-order valence-electron chi connectivity index (χ2n) is 5.37. The maximum absolute atomic E-state index is 12.9. The summed E-state index contributed by atoms with van der Waals surface area (Å²) in [5.41, 5.74) is 1.20. The Kier molecular flexibility index (Phi) is 3.63. The van der Waals surface area contributed by atoms with E-state index in [2.05, 4.69) is 10.3 Å². The van der Waals surface area contributed by atoms with Gasteiger partial charge in [-0.15, -0.1) is 0 Å². The van der Waals surface area contributed by atoms with Gasteiger partial charge in [0.25, 0.3) is 5.91 Å². The van der Waals surface area contributed by atoms with Gasteiger partial charge >= 0.3 is 0 Å². The van der Waals surface area contributed by atoms with Crippen LogP contribution in [0.3, 0.4) is 0 Å². The predicted octanol–water partition coefficient (Wildman–Crippen LogP) is 3.28. The zero-order valence-corrected chi connectivity index (χ0v) is 11.2. The highest BCUT2D eigenvalue weighted by atomic mass is 19.1. The number of carbonyl (C=O) groups excluding carboxylic acids is 1. The average Bonchev–Trinajstić information content (AvgIpc) is 2.84. The van der Waals surface area contributed by atoms with Crippen LogP contribution in [-0.4, -0.2) is 11.7 Å². The Morgan fingerprint density at radius 2 is 1.85 bits per heavy atom. The standard InChI is InChI=1S/C16H17FN2O/c17-13-8-6-11(7-9-13)10-14-16(20)19-15(18-14)12-4-2-1-3-5-12/h6-10,12H,1-5H2,(H,18,19,20)/b14-10+. The van der Waals surface area contributed by atoms with Crippen molar-refractivity contribution in [1.29, 1.82) is 0 Å². The van der Waals surface area contributed by atoms with E-state index in [0.29, 0.717) is 11.6 Å². The lowest BCUT2D eigenvalue weighted by atomic mass is 9.88. The largest absolute Gasteiger partial charge is 0.308 e. The van der Waals surface area contributed by atoms with Crippen molar-refractivity contribution in [2.75, 3.05) is 0 Å². The van der Waals surface area contributed by atoms with Crippen LogP contribution in [0, 0.1) is 11.7 Å². The molecular formula is C16H17FN2O. The van der Waals surface area contributed by atoms with Gasteiger partial charge in [0.1, 0.15) is 17.3 Å². The molecular weight excluding hydrogens is 255 g/mol. The molecule has 1 heterocycles. The SMILES string of the molecule is O=C1NC(C2CCCCC2)=N/C1=C/c1ccc(F)cc1. The van der Waals surface area contributed by atoms with Gasteiger partial charge in [0, 0.05) is 5.92 Å². The van der Waals surface area contributed by atoms with Crippen LogP contribution in [0.2, 0.25) is 0 Å². The summed E-state index contributed by atoms with van der Waals surface area (Å²) in [6, 6.07) is 6.05. The maximum atomic E-state index is 12.9. The summed E-state index contributed by atoms with van der Waals surface area (Å²) in [6.45, 7) is 0. The molecule has 20 heavy (non-hydrogen) atoms. The van der Waals surface area contributed by atoms with E-state index in [1.807, 2.05) is 0 Å². The molecule has 3 rings (SSSR count). The summed E-state index contributed by atoms with van der Waals surface area (Å²) < 4.78 is 12.9. The van der Waals surface area contributed by atoms with Crippen molar-refractivity contribution >= 4 is 17.8 Å². The highest BCUT2D eigenvalue weighted by Gasteiger charge is 2.27. The van der Waals surface area contributed by atoms with Crippen molar-refractivity contribution in [2.45, 2.75) is 32.1 Å². The van der Waals surface area contributed by atoms with Crippen LogP contribution in [0.4, 0.5) is 4.39 Å². The first kappa shape index (κ1) is 13.0. The van der Waals surface area contributed by atoms with Crippen molar-refractivity contribution < 1.29 is 9.18 Å². The molecule has 0 atom stereocenters. The molecule has 1 N–H and O–H groups in total. The highest BCUT2D eigenvalue weighted by molar-refractivity contribution is 6.15. The topological polar surface area (TPSA) is 41.5 Å². The molecule has 2 aliphatic rings. The Balaban J connectivity index is 1.80. The molecule has 0 spiro atoms. The molecule has 1 amide bonds. The molecule has 104 valence electrons. The van der Waals surface area contributed by atoms with E-state index in [4.69, 9.17) is 0 Å². The van der Waals surface area contributed by atoms with Crippen LogP contribution in [-0.2, 0) is 4.79 Å². The molecule has 0 aromatic heterocycles. The van der Waals surface area contributed by atoms with E-state index in [1.165, 1.54) is 31.4 Å². The molecule has 1 aliphatic heterocycles. The van der Waals surface area contributed by atoms with Crippen molar-refractivity contribution in [2.24, 2.45) is 10.9 Å². The molecule has 1 saturated carbocycles. The number of nitrogens with zero attached hydrogens (tertiary/aromatic N) is 1. The first-order chi connectivity index (χ1) is 9.72. The van der Waals surface area contributed by atoms with Crippen LogP contribution in [0.15, 0.2) is 35.0 Å². The molecule has 0 bridgehead atoms. The third-order valence-corrected chi connectivity index (χ3v) is 3.88. The monoisotopic (exact) mass is 272 g/mol. The van der Waals surface area contributed by atoms with E-state index in [-0.39, 0.29) is 11.7 Å². The van der Waals surface area contributed by atoms with Crippen molar-refractivity contribution in [1.82, 2.24) is 5.32 Å². The summed E-state index contributed by atoms with van der Waals surface area (Å²) in [4.78, 5) is 16.4. The number of carbonyl (C=O) groups is 1. The van der Waals surface area contributed by atoms with Gasteiger partial charge in [0.15, 0.2) is 0 Å². The third-order valence-electron chi connectivity index (χ3n) is 3.88. The lowest BCUT2D eigenvalue weighted by Gasteiger charge is -2.20. The number of amidine groups is 1. The third kappa shape index (κ3) is 2.79. The minimum absolute atomic E-state index is 0.158. The summed E-state index contributed by atoms with van der Waals surface area (Å²) in [7, 11) is 0. The number of nitrogens with one attached hydrogen (secondary N) is 1. The van der Waals surface area contributed by atoms with Gasteiger partial charge < -0.3 is 5.32 Å². The van der Waals surface area contributed by atoms with E-state index < -0.39 is 0 Å². The van der Waals surface area contributed by atoms with E-state index >= 15 is 0 Å². The van der Waals surface area contributed by atoms with Gasteiger partial charge in [-0.2, -0.15) is 0 Å². The predicted molar refractivity (Wildman–Crippen MR) is 76.5 cm³/mol. The fourth-order valence-electron chi connectivity index (χ4n) is 2.77. The van der Waals surface area contributed by atoms with Gasteiger partial charge in [-0.3, -0.25) is 4.79 Å². The minimum Gasteiger partial charge on any atom is -0.308 e.